The summed E-state index contributed by atoms with van der Waals surface area (Å²) in [6.07, 6.45) is 2.80. The first-order valence-corrected chi connectivity index (χ1v) is 6.33. The van der Waals surface area contributed by atoms with E-state index < -0.39 is 11.9 Å². The lowest BCUT2D eigenvalue weighted by Gasteiger charge is -2.03. The molecule has 102 valence electrons. The number of carbonyl (C=O) groups is 2. The first-order valence-electron chi connectivity index (χ1n) is 5.51. The summed E-state index contributed by atoms with van der Waals surface area (Å²) >= 11 is 1.22. The van der Waals surface area contributed by atoms with Crippen molar-refractivity contribution in [2.75, 3.05) is 7.11 Å². The van der Waals surface area contributed by atoms with Gasteiger partial charge in [0.2, 0.25) is 0 Å². The molecule has 20 heavy (non-hydrogen) atoms. The molecule has 0 radical (unpaired) electrons. The minimum atomic E-state index is -0.998. The normalized spacial score (nSPS) is 10.1. The van der Waals surface area contributed by atoms with Gasteiger partial charge in [0.1, 0.15) is 5.03 Å². The zero-order valence-electron chi connectivity index (χ0n) is 10.4. The van der Waals surface area contributed by atoms with Gasteiger partial charge in [-0.1, -0.05) is 17.8 Å². The van der Waals surface area contributed by atoms with Crippen LogP contribution in [0.5, 0.6) is 0 Å². The summed E-state index contributed by atoms with van der Waals surface area (Å²) in [5, 5.41) is 9.41. The average Bonchev–Trinajstić information content (AvgIpc) is 2.47. The van der Waals surface area contributed by atoms with Gasteiger partial charge in [0, 0.05) is 4.90 Å². The molecular formula is C13H10N2O4S. The lowest BCUT2D eigenvalue weighted by molar-refractivity contribution is 0.0591. The predicted octanol–water partition coefficient (Wildman–Crippen LogP) is 2.11. The van der Waals surface area contributed by atoms with Crippen molar-refractivity contribution in [2.24, 2.45) is 0 Å². The highest BCUT2D eigenvalue weighted by Crippen LogP contribution is 2.26. The molecule has 0 spiro atoms. The number of nitrogens with zero attached hydrogens (tertiary/aromatic N) is 2. The molecule has 1 aromatic heterocycles. The molecule has 6 nitrogen and oxygen atoms in total. The smallest absolute Gasteiger partial charge is 0.358 e. The quantitative estimate of drug-likeness (QED) is 0.862. The molecule has 0 fully saturated rings. The van der Waals surface area contributed by atoms with Crippen LogP contribution < -0.4 is 0 Å². The van der Waals surface area contributed by atoms with E-state index in [1.165, 1.54) is 43.4 Å². The standard InChI is InChI=1S/C13H10N2O4S/c1-19-13(18)10-6-14-7-11(15-10)20-9-4-2-3-8(5-9)12(16)17/h2-7H,1H3,(H,16,17). The number of hydrogen-bond acceptors (Lipinski definition) is 6. The zero-order chi connectivity index (χ0) is 14.5. The molecule has 0 bridgehead atoms. The monoisotopic (exact) mass is 290 g/mol. The van der Waals surface area contributed by atoms with Crippen molar-refractivity contribution >= 4 is 23.7 Å². The first kappa shape index (κ1) is 14.0. The summed E-state index contributed by atoms with van der Waals surface area (Å²) in [6, 6.07) is 6.43. The highest BCUT2D eigenvalue weighted by molar-refractivity contribution is 7.99. The first-order chi connectivity index (χ1) is 9.60. The van der Waals surface area contributed by atoms with E-state index in [2.05, 4.69) is 14.7 Å². The van der Waals surface area contributed by atoms with Crippen LogP contribution in [-0.2, 0) is 4.74 Å². The van der Waals surface area contributed by atoms with Crippen LogP contribution in [0.2, 0.25) is 0 Å². The maximum absolute atomic E-state index is 11.3. The molecular weight excluding hydrogens is 280 g/mol. The number of aromatic nitrogens is 2. The highest BCUT2D eigenvalue weighted by atomic mass is 32.2. The number of carboxylic acid groups (broad SMARTS) is 1. The Balaban J connectivity index is 2.24. The largest absolute Gasteiger partial charge is 0.478 e. The molecule has 2 rings (SSSR count). The summed E-state index contributed by atoms with van der Waals surface area (Å²) in [5.41, 5.74) is 0.291. The minimum absolute atomic E-state index is 0.104. The van der Waals surface area contributed by atoms with Crippen molar-refractivity contribution in [1.82, 2.24) is 9.97 Å². The Morgan fingerprint density at radius 2 is 2.10 bits per heavy atom. The molecule has 0 saturated heterocycles. The number of carbonyl (C=O) groups excluding carboxylic acids is 1. The van der Waals surface area contributed by atoms with E-state index in [4.69, 9.17) is 5.11 Å². The molecule has 0 saturated carbocycles. The van der Waals surface area contributed by atoms with E-state index >= 15 is 0 Å². The molecule has 1 aromatic carbocycles. The lowest BCUT2D eigenvalue weighted by Crippen LogP contribution is -2.05. The summed E-state index contributed by atoms with van der Waals surface area (Å²) < 4.78 is 4.56. The van der Waals surface area contributed by atoms with Crippen LogP contribution in [-0.4, -0.2) is 34.1 Å². The molecule has 0 aliphatic heterocycles. The van der Waals surface area contributed by atoms with Crippen LogP contribution in [0.3, 0.4) is 0 Å². The molecule has 2 aromatic rings. The van der Waals surface area contributed by atoms with Crippen LogP contribution in [0, 0.1) is 0 Å². The van der Waals surface area contributed by atoms with Crippen molar-refractivity contribution in [3.63, 3.8) is 0 Å². The van der Waals surface area contributed by atoms with Crippen LogP contribution in [0.1, 0.15) is 20.8 Å². The van der Waals surface area contributed by atoms with E-state index in [1.807, 2.05) is 0 Å². The van der Waals surface area contributed by atoms with Crippen molar-refractivity contribution in [1.29, 1.82) is 0 Å². The molecule has 0 amide bonds. The van der Waals surface area contributed by atoms with Crippen LogP contribution in [0.4, 0.5) is 0 Å². The molecule has 1 heterocycles. The molecule has 7 heteroatoms. The summed E-state index contributed by atoms with van der Waals surface area (Å²) in [5.74, 6) is -1.57. The fourth-order valence-electron chi connectivity index (χ4n) is 1.41. The third-order valence-corrected chi connectivity index (χ3v) is 3.21. The second-order valence-corrected chi connectivity index (χ2v) is 4.76. The van der Waals surface area contributed by atoms with E-state index in [9.17, 15) is 9.59 Å². The summed E-state index contributed by atoms with van der Waals surface area (Å²) in [6.45, 7) is 0. The van der Waals surface area contributed by atoms with Gasteiger partial charge in [-0.25, -0.2) is 14.6 Å². The van der Waals surface area contributed by atoms with Gasteiger partial charge in [-0.3, -0.25) is 4.98 Å². The number of benzene rings is 1. The molecule has 0 aliphatic carbocycles. The molecule has 0 atom stereocenters. The van der Waals surface area contributed by atoms with Crippen molar-refractivity contribution < 1.29 is 19.4 Å². The zero-order valence-corrected chi connectivity index (χ0v) is 11.3. The second kappa shape index (κ2) is 6.16. The van der Waals surface area contributed by atoms with E-state index in [1.54, 1.807) is 12.1 Å². The number of hydrogen-bond donors (Lipinski definition) is 1. The van der Waals surface area contributed by atoms with Crippen LogP contribution in [0.25, 0.3) is 0 Å². The third-order valence-electron chi connectivity index (χ3n) is 2.31. The van der Waals surface area contributed by atoms with Crippen molar-refractivity contribution in [3.05, 3.63) is 47.9 Å². The van der Waals surface area contributed by atoms with Crippen LogP contribution in [0.15, 0.2) is 46.6 Å². The van der Waals surface area contributed by atoms with E-state index in [-0.39, 0.29) is 11.3 Å². The summed E-state index contributed by atoms with van der Waals surface area (Å²) in [4.78, 5) is 30.9. The second-order valence-electron chi connectivity index (χ2n) is 3.67. The lowest BCUT2D eigenvalue weighted by atomic mass is 10.2. The van der Waals surface area contributed by atoms with Crippen LogP contribution >= 0.6 is 11.8 Å². The van der Waals surface area contributed by atoms with Gasteiger partial charge in [-0.2, -0.15) is 0 Å². The topological polar surface area (TPSA) is 89.4 Å². The fourth-order valence-corrected chi connectivity index (χ4v) is 2.25. The molecule has 1 N–H and O–H groups in total. The number of rotatable bonds is 4. The van der Waals surface area contributed by atoms with E-state index in [0.717, 1.165) is 0 Å². The fraction of sp³-hybridized carbons (Fsp3) is 0.0769. The Bertz CT molecular complexity index is 660. The predicted molar refractivity (Wildman–Crippen MR) is 70.9 cm³/mol. The maximum atomic E-state index is 11.3. The van der Waals surface area contributed by atoms with Gasteiger partial charge in [-0.15, -0.1) is 0 Å². The van der Waals surface area contributed by atoms with E-state index in [0.29, 0.717) is 9.92 Å². The Morgan fingerprint density at radius 3 is 2.80 bits per heavy atom. The van der Waals surface area contributed by atoms with Gasteiger partial charge in [0.05, 0.1) is 25.1 Å². The van der Waals surface area contributed by atoms with Gasteiger partial charge in [0.15, 0.2) is 5.69 Å². The highest BCUT2D eigenvalue weighted by Gasteiger charge is 2.10. The molecule has 0 unspecified atom stereocenters. The Kier molecular flexibility index (Phi) is 4.31. The van der Waals surface area contributed by atoms with Gasteiger partial charge < -0.3 is 9.84 Å². The number of aromatic carboxylic acids is 1. The minimum Gasteiger partial charge on any atom is -0.478 e. The Hall–Kier alpha value is -2.41. The Labute approximate surface area is 118 Å². The van der Waals surface area contributed by atoms with Crippen molar-refractivity contribution in [2.45, 2.75) is 9.92 Å². The number of esters is 1. The number of ether oxygens (including phenoxy) is 1. The molecule has 0 aliphatic rings. The van der Waals surface area contributed by atoms with Crippen molar-refractivity contribution in [3.8, 4) is 0 Å². The average molecular weight is 290 g/mol. The summed E-state index contributed by atoms with van der Waals surface area (Å²) in [7, 11) is 1.26. The Morgan fingerprint density at radius 1 is 1.30 bits per heavy atom. The SMILES string of the molecule is COC(=O)c1cncc(Sc2cccc(C(=O)O)c2)n1. The number of carboxylic acids is 1. The van der Waals surface area contributed by atoms with Gasteiger partial charge >= 0.3 is 11.9 Å². The van der Waals surface area contributed by atoms with Gasteiger partial charge in [-0.05, 0) is 18.2 Å². The number of methoxy groups -OCH3 is 1. The van der Waals surface area contributed by atoms with Gasteiger partial charge in [0.25, 0.3) is 0 Å². The third kappa shape index (κ3) is 3.33. The maximum Gasteiger partial charge on any atom is 0.358 e.